The minimum absolute atomic E-state index is 0.0858. The van der Waals surface area contributed by atoms with Gasteiger partial charge in [0.2, 0.25) is 5.69 Å². The Kier molecular flexibility index (Phi) is 3.95. The zero-order chi connectivity index (χ0) is 17.6. The minimum atomic E-state index is -0.196. The van der Waals surface area contributed by atoms with E-state index in [1.54, 1.807) is 12.1 Å². The molecule has 24 heavy (non-hydrogen) atoms. The quantitative estimate of drug-likeness (QED) is 0.529. The summed E-state index contributed by atoms with van der Waals surface area (Å²) in [5.41, 5.74) is 6.33. The van der Waals surface area contributed by atoms with Gasteiger partial charge in [-0.3, -0.25) is 0 Å². The van der Waals surface area contributed by atoms with Gasteiger partial charge in [-0.25, -0.2) is 8.96 Å². The highest BCUT2D eigenvalue weighted by Gasteiger charge is 2.22. The van der Waals surface area contributed by atoms with Gasteiger partial charge in [0.25, 0.3) is 0 Å². The Morgan fingerprint density at radius 3 is 2.33 bits per heavy atom. The molecule has 0 bridgehead atoms. The lowest BCUT2D eigenvalue weighted by molar-refractivity contribution is -0.659. The van der Waals surface area contributed by atoms with Gasteiger partial charge >= 0.3 is 0 Å². The van der Waals surface area contributed by atoms with E-state index < -0.39 is 0 Å². The SMILES string of the molecule is Cc1cc(C(C)(C)C)cc(-c2c3ccc(F)cc3cc[n+]2C)c1C. The molecule has 0 aliphatic carbocycles. The van der Waals surface area contributed by atoms with Crippen LogP contribution in [-0.2, 0) is 12.5 Å². The fraction of sp³-hybridized carbons (Fsp3) is 0.318. The van der Waals surface area contributed by atoms with Crippen molar-refractivity contribution < 1.29 is 8.96 Å². The summed E-state index contributed by atoms with van der Waals surface area (Å²) in [6.45, 7) is 11.0. The molecular weight excluding hydrogens is 297 g/mol. The van der Waals surface area contributed by atoms with Gasteiger partial charge in [-0.15, -0.1) is 0 Å². The molecule has 0 aliphatic rings. The molecule has 1 aromatic heterocycles. The van der Waals surface area contributed by atoms with Gasteiger partial charge in [-0.1, -0.05) is 26.8 Å². The lowest BCUT2D eigenvalue weighted by atomic mass is 9.83. The number of pyridine rings is 1. The van der Waals surface area contributed by atoms with E-state index in [1.165, 1.54) is 22.3 Å². The fourth-order valence-electron chi connectivity index (χ4n) is 3.22. The van der Waals surface area contributed by atoms with Crippen molar-refractivity contribution in [3.8, 4) is 11.3 Å². The minimum Gasteiger partial charge on any atom is -0.207 e. The summed E-state index contributed by atoms with van der Waals surface area (Å²) >= 11 is 0. The van der Waals surface area contributed by atoms with Gasteiger partial charge in [0, 0.05) is 6.07 Å². The number of nitrogens with zero attached hydrogens (tertiary/aromatic N) is 1. The molecule has 0 fully saturated rings. The van der Waals surface area contributed by atoms with Crippen LogP contribution >= 0.6 is 0 Å². The highest BCUT2D eigenvalue weighted by Crippen LogP contribution is 2.34. The highest BCUT2D eigenvalue weighted by atomic mass is 19.1. The topological polar surface area (TPSA) is 3.88 Å². The van der Waals surface area contributed by atoms with Crippen LogP contribution in [0.1, 0.15) is 37.5 Å². The smallest absolute Gasteiger partial charge is 0.207 e. The molecule has 2 heteroatoms. The number of benzene rings is 2. The second-order valence-electron chi connectivity index (χ2n) is 7.72. The van der Waals surface area contributed by atoms with Crippen LogP contribution in [0, 0.1) is 19.7 Å². The summed E-state index contributed by atoms with van der Waals surface area (Å²) in [6, 6.07) is 11.6. The van der Waals surface area contributed by atoms with E-state index in [0.717, 1.165) is 16.5 Å². The van der Waals surface area contributed by atoms with E-state index in [2.05, 4.69) is 58.4 Å². The Bertz CT molecular complexity index is 933. The van der Waals surface area contributed by atoms with Crippen LogP contribution in [0.2, 0.25) is 0 Å². The normalized spacial score (nSPS) is 12.0. The zero-order valence-corrected chi connectivity index (χ0v) is 15.4. The molecule has 0 unspecified atom stereocenters. The van der Waals surface area contributed by atoms with Gasteiger partial charge in [0.05, 0.1) is 10.9 Å². The van der Waals surface area contributed by atoms with Crippen molar-refractivity contribution in [2.45, 2.75) is 40.0 Å². The van der Waals surface area contributed by atoms with Gasteiger partial charge in [-0.2, -0.15) is 0 Å². The van der Waals surface area contributed by atoms with Crippen LogP contribution in [-0.4, -0.2) is 0 Å². The van der Waals surface area contributed by atoms with Crippen LogP contribution in [0.5, 0.6) is 0 Å². The number of aryl methyl sites for hydroxylation is 2. The van der Waals surface area contributed by atoms with Crippen molar-refractivity contribution in [3.63, 3.8) is 0 Å². The van der Waals surface area contributed by atoms with Crippen LogP contribution in [0.25, 0.3) is 22.0 Å². The van der Waals surface area contributed by atoms with E-state index in [-0.39, 0.29) is 11.2 Å². The molecule has 0 spiro atoms. The number of halogens is 1. The first-order valence-electron chi connectivity index (χ1n) is 8.38. The summed E-state index contributed by atoms with van der Waals surface area (Å²) in [6.07, 6.45) is 2.01. The molecule has 3 aromatic rings. The molecule has 124 valence electrons. The molecule has 0 radical (unpaired) electrons. The van der Waals surface area contributed by atoms with Crippen molar-refractivity contribution in [2.24, 2.45) is 7.05 Å². The van der Waals surface area contributed by atoms with Crippen molar-refractivity contribution in [2.75, 3.05) is 0 Å². The molecule has 0 amide bonds. The van der Waals surface area contributed by atoms with Crippen molar-refractivity contribution in [3.05, 3.63) is 65.1 Å². The maximum absolute atomic E-state index is 13.6. The molecule has 0 saturated carbocycles. The van der Waals surface area contributed by atoms with Crippen molar-refractivity contribution in [1.29, 1.82) is 0 Å². The van der Waals surface area contributed by atoms with Crippen LogP contribution in [0.4, 0.5) is 4.39 Å². The summed E-state index contributed by atoms with van der Waals surface area (Å²) in [4.78, 5) is 0. The largest absolute Gasteiger partial charge is 0.220 e. The monoisotopic (exact) mass is 322 g/mol. The fourth-order valence-corrected chi connectivity index (χ4v) is 3.22. The molecule has 0 aliphatic heterocycles. The third-order valence-electron chi connectivity index (χ3n) is 4.89. The average molecular weight is 322 g/mol. The predicted molar refractivity (Wildman–Crippen MR) is 98.7 cm³/mol. The van der Waals surface area contributed by atoms with Gasteiger partial charge in [0.1, 0.15) is 12.9 Å². The Balaban J connectivity index is 2.39. The molecule has 3 rings (SSSR count). The summed E-state index contributed by atoms with van der Waals surface area (Å²) in [7, 11) is 2.05. The Morgan fingerprint density at radius 2 is 1.67 bits per heavy atom. The number of hydrogen-bond acceptors (Lipinski definition) is 0. The van der Waals surface area contributed by atoms with Gasteiger partial charge < -0.3 is 0 Å². The first-order chi connectivity index (χ1) is 11.2. The Labute approximate surface area is 143 Å². The van der Waals surface area contributed by atoms with E-state index in [0.29, 0.717) is 0 Å². The highest BCUT2D eigenvalue weighted by molar-refractivity contribution is 5.93. The summed E-state index contributed by atoms with van der Waals surface area (Å²) < 4.78 is 15.8. The van der Waals surface area contributed by atoms with Crippen molar-refractivity contribution in [1.82, 2.24) is 0 Å². The molecule has 2 aromatic carbocycles. The van der Waals surface area contributed by atoms with Crippen LogP contribution in [0.15, 0.2) is 42.6 Å². The second-order valence-corrected chi connectivity index (χ2v) is 7.72. The van der Waals surface area contributed by atoms with Crippen LogP contribution in [0.3, 0.4) is 0 Å². The number of aromatic nitrogens is 1. The zero-order valence-electron chi connectivity index (χ0n) is 15.4. The molecular formula is C22H25FN+. The lowest BCUT2D eigenvalue weighted by Crippen LogP contribution is -2.31. The molecule has 1 heterocycles. The third-order valence-corrected chi connectivity index (χ3v) is 4.89. The summed E-state index contributed by atoms with van der Waals surface area (Å²) in [5, 5.41) is 2.01. The lowest BCUT2D eigenvalue weighted by Gasteiger charge is -2.22. The number of hydrogen-bond donors (Lipinski definition) is 0. The molecule has 0 saturated heterocycles. The van der Waals surface area contributed by atoms with E-state index in [1.807, 2.05) is 18.3 Å². The molecule has 0 N–H and O–H groups in total. The van der Waals surface area contributed by atoms with Gasteiger partial charge in [0.15, 0.2) is 6.20 Å². The first kappa shape index (κ1) is 16.6. The maximum Gasteiger partial charge on any atom is 0.220 e. The molecule has 1 nitrogen and oxygen atoms in total. The summed E-state index contributed by atoms with van der Waals surface area (Å²) in [5.74, 6) is -0.196. The Hall–Kier alpha value is -2.22. The van der Waals surface area contributed by atoms with E-state index in [4.69, 9.17) is 0 Å². The van der Waals surface area contributed by atoms with E-state index in [9.17, 15) is 4.39 Å². The van der Waals surface area contributed by atoms with Crippen LogP contribution < -0.4 is 4.57 Å². The standard InChI is InChI=1S/C22H25FN/c1-14-11-17(22(3,4)5)13-20(15(14)2)21-19-8-7-18(23)12-16(19)9-10-24(21)6/h7-13H,1-6H3/q+1. The molecule has 0 atom stereocenters. The Morgan fingerprint density at radius 1 is 0.958 bits per heavy atom. The number of fused-ring (bicyclic) bond motifs is 1. The third kappa shape index (κ3) is 2.82. The predicted octanol–water partition coefficient (Wildman–Crippen LogP) is 5.38. The number of rotatable bonds is 1. The van der Waals surface area contributed by atoms with Gasteiger partial charge in [-0.05, 0) is 65.6 Å². The first-order valence-corrected chi connectivity index (χ1v) is 8.38. The maximum atomic E-state index is 13.6. The van der Waals surface area contributed by atoms with Crippen molar-refractivity contribution >= 4 is 10.8 Å². The second kappa shape index (κ2) is 5.70. The van der Waals surface area contributed by atoms with E-state index >= 15 is 0 Å². The average Bonchev–Trinajstić information content (AvgIpc) is 2.49.